The summed E-state index contributed by atoms with van der Waals surface area (Å²) in [6, 6.07) is 7.47. The van der Waals surface area contributed by atoms with Crippen LogP contribution < -0.4 is 5.32 Å². The summed E-state index contributed by atoms with van der Waals surface area (Å²) in [4.78, 5) is 20.6. The Balaban J connectivity index is 1.56. The maximum absolute atomic E-state index is 11.9. The lowest BCUT2D eigenvalue weighted by Crippen LogP contribution is -2.14. The molecule has 1 aliphatic heterocycles. The zero-order chi connectivity index (χ0) is 15.4. The Bertz CT molecular complexity index is 700. The zero-order valence-corrected chi connectivity index (χ0v) is 14.6. The third-order valence-corrected chi connectivity index (χ3v) is 6.04. The van der Waals surface area contributed by atoms with Crippen LogP contribution >= 0.6 is 46.5 Å². The molecule has 0 atom stereocenters. The van der Waals surface area contributed by atoms with Gasteiger partial charge < -0.3 is 5.32 Å². The van der Waals surface area contributed by atoms with E-state index >= 15 is 0 Å². The minimum absolute atomic E-state index is 0.0581. The van der Waals surface area contributed by atoms with E-state index in [1.165, 1.54) is 23.1 Å². The fraction of sp³-hybridized carbons (Fsp3) is 0.214. The number of anilines is 1. The van der Waals surface area contributed by atoms with Crippen molar-refractivity contribution >= 4 is 61.9 Å². The van der Waals surface area contributed by atoms with Crippen LogP contribution in [-0.2, 0) is 4.79 Å². The number of hydrogen-bond donors (Lipinski definition) is 1. The standard InChI is InChI=1S/C14H12ClN3OS3/c15-10-3-1-9(2-4-10)11-7-21-13(17-11)18-12(19)8-22-14-16-5-6-20-14/h1-4,7H,5-6,8H2,(H,17,18,19). The molecule has 4 nitrogen and oxygen atoms in total. The van der Waals surface area contributed by atoms with Crippen molar-refractivity contribution in [2.75, 3.05) is 23.4 Å². The van der Waals surface area contributed by atoms with Crippen molar-refractivity contribution in [3.8, 4) is 11.3 Å². The number of nitrogens with zero attached hydrogens (tertiary/aromatic N) is 2. The van der Waals surface area contributed by atoms with E-state index in [0.717, 1.165) is 27.9 Å². The van der Waals surface area contributed by atoms with Gasteiger partial charge in [-0.25, -0.2) is 4.98 Å². The Labute approximate surface area is 145 Å². The van der Waals surface area contributed by atoms with Crippen molar-refractivity contribution < 1.29 is 4.79 Å². The van der Waals surface area contributed by atoms with Gasteiger partial charge in [0.25, 0.3) is 0 Å². The predicted octanol–water partition coefficient (Wildman–Crippen LogP) is 4.24. The van der Waals surface area contributed by atoms with Gasteiger partial charge in [0, 0.05) is 21.7 Å². The molecule has 2 aromatic rings. The van der Waals surface area contributed by atoms with E-state index in [9.17, 15) is 4.79 Å². The Morgan fingerprint density at radius 1 is 1.36 bits per heavy atom. The molecular formula is C14H12ClN3OS3. The van der Waals surface area contributed by atoms with Crippen molar-refractivity contribution in [2.45, 2.75) is 0 Å². The van der Waals surface area contributed by atoms with Gasteiger partial charge >= 0.3 is 0 Å². The summed E-state index contributed by atoms with van der Waals surface area (Å²) in [5, 5.41) is 6.04. The highest BCUT2D eigenvalue weighted by molar-refractivity contribution is 8.39. The van der Waals surface area contributed by atoms with Gasteiger partial charge in [-0.15, -0.1) is 11.3 Å². The van der Waals surface area contributed by atoms with Crippen LogP contribution in [0.4, 0.5) is 5.13 Å². The maximum Gasteiger partial charge on any atom is 0.236 e. The predicted molar refractivity (Wildman–Crippen MR) is 98.4 cm³/mol. The maximum atomic E-state index is 11.9. The van der Waals surface area contributed by atoms with E-state index in [1.54, 1.807) is 11.8 Å². The molecule has 0 bridgehead atoms. The highest BCUT2D eigenvalue weighted by Gasteiger charge is 2.12. The molecule has 22 heavy (non-hydrogen) atoms. The molecule has 0 saturated heterocycles. The summed E-state index contributed by atoms with van der Waals surface area (Å²) >= 11 is 10.5. The van der Waals surface area contributed by atoms with Gasteiger partial charge in [0.2, 0.25) is 5.91 Å². The first-order valence-electron chi connectivity index (χ1n) is 6.52. The first kappa shape index (κ1) is 15.9. The second-order valence-corrected chi connectivity index (χ2v) is 7.98. The van der Waals surface area contributed by atoms with Crippen LogP contribution in [0.3, 0.4) is 0 Å². The van der Waals surface area contributed by atoms with E-state index in [-0.39, 0.29) is 5.91 Å². The molecule has 1 amide bonds. The smallest absolute Gasteiger partial charge is 0.236 e. The summed E-state index contributed by atoms with van der Waals surface area (Å²) in [6.45, 7) is 0.853. The fourth-order valence-electron chi connectivity index (χ4n) is 1.77. The molecule has 1 aromatic heterocycles. The summed E-state index contributed by atoms with van der Waals surface area (Å²) in [5.41, 5.74) is 1.81. The highest BCUT2D eigenvalue weighted by Crippen LogP contribution is 2.26. The van der Waals surface area contributed by atoms with E-state index < -0.39 is 0 Å². The van der Waals surface area contributed by atoms with E-state index in [2.05, 4.69) is 15.3 Å². The number of hydrogen-bond acceptors (Lipinski definition) is 6. The second kappa shape index (κ2) is 7.50. The average molecular weight is 370 g/mol. The van der Waals surface area contributed by atoms with Gasteiger partial charge in [-0.2, -0.15) is 0 Å². The number of carbonyl (C=O) groups is 1. The topological polar surface area (TPSA) is 54.4 Å². The largest absolute Gasteiger partial charge is 0.301 e. The SMILES string of the molecule is O=C(CSC1=NCCS1)Nc1nc(-c2ccc(Cl)cc2)cs1. The lowest BCUT2D eigenvalue weighted by atomic mass is 10.2. The third kappa shape index (κ3) is 4.25. The molecule has 8 heteroatoms. The Morgan fingerprint density at radius 2 is 2.18 bits per heavy atom. The van der Waals surface area contributed by atoms with Crippen molar-refractivity contribution in [3.05, 3.63) is 34.7 Å². The fourth-order valence-corrected chi connectivity index (χ4v) is 4.44. The minimum Gasteiger partial charge on any atom is -0.301 e. The minimum atomic E-state index is -0.0581. The molecule has 1 aromatic carbocycles. The van der Waals surface area contributed by atoms with Gasteiger partial charge in [0.15, 0.2) is 5.13 Å². The average Bonchev–Trinajstić information content (AvgIpc) is 3.17. The second-order valence-electron chi connectivity index (χ2n) is 4.38. The van der Waals surface area contributed by atoms with Crippen molar-refractivity contribution in [1.29, 1.82) is 0 Å². The van der Waals surface area contributed by atoms with Crippen molar-refractivity contribution in [1.82, 2.24) is 4.98 Å². The van der Waals surface area contributed by atoms with Crippen LogP contribution in [-0.4, -0.2) is 33.3 Å². The normalized spacial score (nSPS) is 14.0. The quantitative estimate of drug-likeness (QED) is 0.875. The zero-order valence-electron chi connectivity index (χ0n) is 11.4. The monoisotopic (exact) mass is 369 g/mol. The first-order chi connectivity index (χ1) is 10.7. The highest BCUT2D eigenvalue weighted by atomic mass is 35.5. The lowest BCUT2D eigenvalue weighted by molar-refractivity contribution is -0.113. The lowest BCUT2D eigenvalue weighted by Gasteiger charge is -2.01. The Kier molecular flexibility index (Phi) is 5.41. The van der Waals surface area contributed by atoms with Gasteiger partial charge in [-0.05, 0) is 12.1 Å². The van der Waals surface area contributed by atoms with E-state index in [1.807, 2.05) is 29.6 Å². The van der Waals surface area contributed by atoms with E-state index in [0.29, 0.717) is 15.9 Å². The molecule has 0 unspecified atom stereocenters. The number of aromatic nitrogens is 1. The Hall–Kier alpha value is -1.02. The molecule has 1 N–H and O–H groups in total. The summed E-state index contributed by atoms with van der Waals surface area (Å²) in [7, 11) is 0. The van der Waals surface area contributed by atoms with Crippen LogP contribution in [0.5, 0.6) is 0 Å². The Morgan fingerprint density at radius 3 is 2.91 bits per heavy atom. The number of carbonyl (C=O) groups excluding carboxylic acids is 1. The number of benzene rings is 1. The molecule has 0 aliphatic carbocycles. The van der Waals surface area contributed by atoms with E-state index in [4.69, 9.17) is 11.6 Å². The van der Waals surface area contributed by atoms with Gasteiger partial charge in [0.1, 0.15) is 4.38 Å². The van der Waals surface area contributed by atoms with Gasteiger partial charge in [-0.1, -0.05) is 47.3 Å². The number of thioether (sulfide) groups is 2. The van der Waals surface area contributed by atoms with Crippen LogP contribution in [0, 0.1) is 0 Å². The number of halogens is 1. The van der Waals surface area contributed by atoms with Gasteiger partial charge in [-0.3, -0.25) is 9.79 Å². The number of amides is 1. The molecular weight excluding hydrogens is 358 g/mol. The van der Waals surface area contributed by atoms with Crippen molar-refractivity contribution in [2.24, 2.45) is 4.99 Å². The van der Waals surface area contributed by atoms with Crippen LogP contribution in [0.25, 0.3) is 11.3 Å². The van der Waals surface area contributed by atoms with Crippen molar-refractivity contribution in [3.63, 3.8) is 0 Å². The number of aliphatic imine (C=N–C) groups is 1. The summed E-state index contributed by atoms with van der Waals surface area (Å²) in [6.07, 6.45) is 0. The summed E-state index contributed by atoms with van der Waals surface area (Å²) < 4.78 is 0.996. The van der Waals surface area contributed by atoms with Crippen LogP contribution in [0.2, 0.25) is 5.02 Å². The molecule has 0 fully saturated rings. The molecule has 0 saturated carbocycles. The molecule has 1 aliphatic rings. The van der Waals surface area contributed by atoms with Crippen LogP contribution in [0.1, 0.15) is 0 Å². The molecule has 2 heterocycles. The van der Waals surface area contributed by atoms with Crippen LogP contribution in [0.15, 0.2) is 34.6 Å². The number of rotatable bonds is 4. The van der Waals surface area contributed by atoms with Gasteiger partial charge in [0.05, 0.1) is 18.0 Å². The number of thiazole rings is 1. The molecule has 0 spiro atoms. The third-order valence-electron chi connectivity index (χ3n) is 2.77. The molecule has 0 radical (unpaired) electrons. The summed E-state index contributed by atoms with van der Waals surface area (Å²) in [5.74, 6) is 1.32. The molecule has 3 rings (SSSR count). The number of nitrogens with one attached hydrogen (secondary N) is 1. The first-order valence-corrected chi connectivity index (χ1v) is 9.75. The molecule has 114 valence electrons.